The Morgan fingerprint density at radius 2 is 2.29 bits per heavy atom. The highest BCUT2D eigenvalue weighted by Gasteiger charge is 2.25. The Balaban J connectivity index is 1.99. The molecule has 1 aliphatic rings. The van der Waals surface area contributed by atoms with Gasteiger partial charge in [-0.25, -0.2) is 4.98 Å². The number of fused-ring (bicyclic) bond motifs is 1. The van der Waals surface area contributed by atoms with Crippen LogP contribution in [0.2, 0.25) is 0 Å². The van der Waals surface area contributed by atoms with Crippen LogP contribution < -0.4 is 10.5 Å². The normalized spacial score (nSPS) is 18.5. The van der Waals surface area contributed by atoms with E-state index in [-0.39, 0.29) is 5.92 Å². The number of nitrogens with one attached hydrogen (secondary N) is 1. The summed E-state index contributed by atoms with van der Waals surface area (Å²) < 4.78 is 5.62. The summed E-state index contributed by atoms with van der Waals surface area (Å²) >= 11 is 0. The van der Waals surface area contributed by atoms with Crippen molar-refractivity contribution in [2.24, 2.45) is 5.73 Å². The number of para-hydroxylation sites is 1. The van der Waals surface area contributed by atoms with Gasteiger partial charge in [0.25, 0.3) is 0 Å². The van der Waals surface area contributed by atoms with Crippen molar-refractivity contribution < 1.29 is 4.74 Å². The molecule has 0 bridgehead atoms. The lowest BCUT2D eigenvalue weighted by atomic mass is 9.92. The molecule has 1 aromatic carbocycles. The third-order valence-electron chi connectivity index (χ3n) is 3.01. The van der Waals surface area contributed by atoms with E-state index < -0.39 is 0 Å². The average Bonchev–Trinajstić information content (AvgIpc) is 2.87. The average molecular weight is 230 g/mol. The Morgan fingerprint density at radius 1 is 1.41 bits per heavy atom. The highest BCUT2D eigenvalue weighted by molar-refractivity contribution is 5.40. The molecule has 0 spiro atoms. The van der Waals surface area contributed by atoms with E-state index in [0.29, 0.717) is 13.2 Å². The summed E-state index contributed by atoms with van der Waals surface area (Å²) in [5.74, 6) is 2.67. The lowest BCUT2D eigenvalue weighted by Gasteiger charge is -2.23. The van der Waals surface area contributed by atoms with Gasteiger partial charge >= 0.3 is 0 Å². The maximum absolute atomic E-state index is 5.62. The fourth-order valence-electron chi connectivity index (χ4n) is 2.17. The van der Waals surface area contributed by atoms with Gasteiger partial charge in [0.05, 0.1) is 19.1 Å². The van der Waals surface area contributed by atoms with Gasteiger partial charge in [-0.15, -0.1) is 0 Å². The first-order valence-corrected chi connectivity index (χ1v) is 5.71. The Hall–Kier alpha value is -1.88. The molecule has 0 radical (unpaired) electrons. The second-order valence-electron chi connectivity index (χ2n) is 4.07. The minimum absolute atomic E-state index is 0.205. The molecule has 1 aromatic heterocycles. The predicted molar refractivity (Wildman–Crippen MR) is 62.7 cm³/mol. The molecule has 1 unspecified atom stereocenters. The van der Waals surface area contributed by atoms with Gasteiger partial charge in [-0.05, 0) is 12.5 Å². The standard InChI is InChI=1S/C12H14N4O/c13-7-11-14-12(16-15-11)9-5-6-17-10-4-2-1-3-8(9)10/h1-4,9H,5-7,13H2,(H,14,15,16). The molecule has 0 fully saturated rings. The van der Waals surface area contributed by atoms with Gasteiger partial charge in [0.15, 0.2) is 5.82 Å². The van der Waals surface area contributed by atoms with Gasteiger partial charge in [0, 0.05) is 5.56 Å². The monoisotopic (exact) mass is 230 g/mol. The smallest absolute Gasteiger partial charge is 0.158 e. The van der Waals surface area contributed by atoms with Crippen LogP contribution in [-0.2, 0) is 6.54 Å². The molecule has 2 heterocycles. The van der Waals surface area contributed by atoms with E-state index in [1.165, 1.54) is 0 Å². The number of hydrogen-bond acceptors (Lipinski definition) is 4. The molecule has 1 aliphatic heterocycles. The van der Waals surface area contributed by atoms with Crippen LogP contribution >= 0.6 is 0 Å². The minimum atomic E-state index is 0.205. The number of nitrogens with zero attached hydrogens (tertiary/aromatic N) is 2. The van der Waals surface area contributed by atoms with Crippen molar-refractivity contribution in [2.75, 3.05) is 6.61 Å². The summed E-state index contributed by atoms with van der Waals surface area (Å²) in [7, 11) is 0. The molecular weight excluding hydrogens is 216 g/mol. The first-order valence-electron chi connectivity index (χ1n) is 5.71. The van der Waals surface area contributed by atoms with E-state index in [9.17, 15) is 0 Å². The number of nitrogens with two attached hydrogens (primary N) is 1. The zero-order valence-corrected chi connectivity index (χ0v) is 9.39. The van der Waals surface area contributed by atoms with E-state index in [1.54, 1.807) is 0 Å². The van der Waals surface area contributed by atoms with Gasteiger partial charge < -0.3 is 10.5 Å². The van der Waals surface area contributed by atoms with E-state index >= 15 is 0 Å². The van der Waals surface area contributed by atoms with Crippen molar-refractivity contribution in [3.05, 3.63) is 41.5 Å². The molecule has 1 atom stereocenters. The maximum atomic E-state index is 5.62. The fourth-order valence-corrected chi connectivity index (χ4v) is 2.17. The molecule has 0 aliphatic carbocycles. The SMILES string of the molecule is NCc1nc(C2CCOc3ccccc32)n[nH]1. The van der Waals surface area contributed by atoms with Crippen LogP contribution in [0.15, 0.2) is 24.3 Å². The van der Waals surface area contributed by atoms with E-state index in [0.717, 1.165) is 29.4 Å². The van der Waals surface area contributed by atoms with Gasteiger partial charge in [0.2, 0.25) is 0 Å². The largest absolute Gasteiger partial charge is 0.493 e. The van der Waals surface area contributed by atoms with Crippen LogP contribution in [0.4, 0.5) is 0 Å². The Morgan fingerprint density at radius 3 is 3.12 bits per heavy atom. The van der Waals surface area contributed by atoms with E-state index in [2.05, 4.69) is 21.2 Å². The van der Waals surface area contributed by atoms with Gasteiger partial charge in [-0.3, -0.25) is 5.10 Å². The highest BCUT2D eigenvalue weighted by Crippen LogP contribution is 2.36. The molecule has 0 saturated carbocycles. The number of H-pyrrole nitrogens is 1. The summed E-state index contributed by atoms with van der Waals surface area (Å²) in [5, 5.41) is 7.09. The Labute approximate surface area is 99.0 Å². The zero-order chi connectivity index (χ0) is 11.7. The van der Waals surface area contributed by atoms with Crippen LogP contribution in [-0.4, -0.2) is 21.8 Å². The van der Waals surface area contributed by atoms with Gasteiger partial charge in [-0.1, -0.05) is 18.2 Å². The van der Waals surface area contributed by atoms with Crippen LogP contribution in [0.3, 0.4) is 0 Å². The fraction of sp³-hybridized carbons (Fsp3) is 0.333. The summed E-state index contributed by atoms with van der Waals surface area (Å²) in [4.78, 5) is 4.40. The zero-order valence-electron chi connectivity index (χ0n) is 9.39. The van der Waals surface area contributed by atoms with Crippen molar-refractivity contribution in [3.8, 4) is 5.75 Å². The molecule has 17 heavy (non-hydrogen) atoms. The van der Waals surface area contributed by atoms with E-state index in [1.807, 2.05) is 18.2 Å². The summed E-state index contributed by atoms with van der Waals surface area (Å²) in [6.07, 6.45) is 0.902. The number of aromatic amines is 1. The molecule has 88 valence electrons. The lowest BCUT2D eigenvalue weighted by molar-refractivity contribution is 0.274. The summed E-state index contributed by atoms with van der Waals surface area (Å²) in [5.41, 5.74) is 6.68. The van der Waals surface area contributed by atoms with Crippen LogP contribution in [0.5, 0.6) is 5.75 Å². The van der Waals surface area contributed by atoms with Gasteiger partial charge in [-0.2, -0.15) is 5.10 Å². The number of aromatic nitrogens is 3. The summed E-state index contributed by atoms with van der Waals surface area (Å²) in [6, 6.07) is 8.04. The number of benzene rings is 1. The van der Waals surface area contributed by atoms with Gasteiger partial charge in [0.1, 0.15) is 11.6 Å². The third kappa shape index (κ3) is 1.78. The maximum Gasteiger partial charge on any atom is 0.158 e. The highest BCUT2D eigenvalue weighted by atomic mass is 16.5. The van der Waals surface area contributed by atoms with Crippen molar-refractivity contribution in [2.45, 2.75) is 18.9 Å². The number of rotatable bonds is 2. The Kier molecular flexibility index (Phi) is 2.53. The predicted octanol–water partition coefficient (Wildman–Crippen LogP) is 1.18. The van der Waals surface area contributed by atoms with Crippen LogP contribution in [0, 0.1) is 0 Å². The number of hydrogen-bond donors (Lipinski definition) is 2. The molecule has 2 aromatic rings. The molecule has 3 N–H and O–H groups in total. The van der Waals surface area contributed by atoms with Crippen molar-refractivity contribution >= 4 is 0 Å². The lowest BCUT2D eigenvalue weighted by Crippen LogP contribution is -2.16. The molecular formula is C12H14N4O. The van der Waals surface area contributed by atoms with Crippen molar-refractivity contribution in [1.29, 1.82) is 0 Å². The van der Waals surface area contributed by atoms with E-state index in [4.69, 9.17) is 10.5 Å². The van der Waals surface area contributed by atoms with Crippen LogP contribution in [0.25, 0.3) is 0 Å². The molecule has 3 rings (SSSR count). The summed E-state index contributed by atoms with van der Waals surface area (Å²) in [6.45, 7) is 1.09. The topological polar surface area (TPSA) is 76.8 Å². The minimum Gasteiger partial charge on any atom is -0.493 e. The molecule has 5 heteroatoms. The van der Waals surface area contributed by atoms with Crippen molar-refractivity contribution in [1.82, 2.24) is 15.2 Å². The molecule has 5 nitrogen and oxygen atoms in total. The quantitative estimate of drug-likeness (QED) is 0.812. The second kappa shape index (κ2) is 4.18. The third-order valence-corrected chi connectivity index (χ3v) is 3.01. The first-order chi connectivity index (χ1) is 8.38. The van der Waals surface area contributed by atoms with Crippen molar-refractivity contribution in [3.63, 3.8) is 0 Å². The second-order valence-corrected chi connectivity index (χ2v) is 4.07. The number of ether oxygens (including phenoxy) is 1. The molecule has 0 amide bonds. The van der Waals surface area contributed by atoms with Crippen LogP contribution in [0.1, 0.15) is 29.6 Å². The Bertz CT molecular complexity index is 523. The first kappa shape index (κ1) is 10.3. The molecule has 0 saturated heterocycles.